The van der Waals surface area contributed by atoms with E-state index in [1.165, 1.54) is 6.07 Å². The van der Waals surface area contributed by atoms with Gasteiger partial charge in [0, 0.05) is 6.54 Å². The number of nitrogens with two attached hydrogens (primary N) is 1. The van der Waals surface area contributed by atoms with Crippen LogP contribution < -0.4 is 20.5 Å². The van der Waals surface area contributed by atoms with Gasteiger partial charge in [0.25, 0.3) is 0 Å². The van der Waals surface area contributed by atoms with Crippen molar-refractivity contribution in [1.82, 2.24) is 10.3 Å². The van der Waals surface area contributed by atoms with Crippen LogP contribution in [0.2, 0.25) is 0 Å². The zero-order valence-electron chi connectivity index (χ0n) is 15.6. The molecule has 1 aromatic heterocycles. The minimum Gasteiger partial charge on any atom is -0.493 e. The monoisotopic (exact) mass is 397 g/mol. The fourth-order valence-corrected chi connectivity index (χ4v) is 3.22. The van der Waals surface area contributed by atoms with Gasteiger partial charge in [-0.2, -0.15) is 10.5 Å². The summed E-state index contributed by atoms with van der Waals surface area (Å²) in [5, 5.41) is 20.9. The summed E-state index contributed by atoms with van der Waals surface area (Å²) in [5.41, 5.74) is 6.90. The summed E-state index contributed by atoms with van der Waals surface area (Å²) >= 11 is 1.11. The first-order valence-electron chi connectivity index (χ1n) is 8.19. The molecule has 0 aliphatic carbocycles. The second kappa shape index (κ2) is 9.49. The molecule has 0 unspecified atom stereocenters. The van der Waals surface area contributed by atoms with Crippen LogP contribution in [0.4, 0.5) is 5.82 Å². The largest absolute Gasteiger partial charge is 0.493 e. The van der Waals surface area contributed by atoms with E-state index in [4.69, 9.17) is 20.5 Å². The van der Waals surface area contributed by atoms with Gasteiger partial charge in [-0.05, 0) is 30.7 Å². The van der Waals surface area contributed by atoms with E-state index in [-0.39, 0.29) is 22.9 Å². The van der Waals surface area contributed by atoms with Gasteiger partial charge in [0.05, 0.1) is 30.6 Å². The van der Waals surface area contributed by atoms with Crippen LogP contribution in [-0.4, -0.2) is 30.4 Å². The maximum atomic E-state index is 12.4. The van der Waals surface area contributed by atoms with Crippen LogP contribution in [0, 0.1) is 22.7 Å². The molecule has 144 valence electrons. The third kappa shape index (κ3) is 4.84. The normalized spacial score (nSPS) is 11.0. The highest BCUT2D eigenvalue weighted by molar-refractivity contribution is 8.00. The van der Waals surface area contributed by atoms with Crippen LogP contribution in [-0.2, 0) is 11.3 Å². The van der Waals surface area contributed by atoms with Gasteiger partial charge in [-0.15, -0.1) is 0 Å². The van der Waals surface area contributed by atoms with Crippen molar-refractivity contribution in [2.24, 2.45) is 0 Å². The maximum absolute atomic E-state index is 12.4. The van der Waals surface area contributed by atoms with Crippen molar-refractivity contribution >= 4 is 23.5 Å². The van der Waals surface area contributed by atoms with Crippen LogP contribution >= 0.6 is 11.8 Å². The summed E-state index contributed by atoms with van der Waals surface area (Å²) in [5.74, 6) is 0.984. The van der Waals surface area contributed by atoms with Gasteiger partial charge in [0.1, 0.15) is 23.0 Å². The Balaban J connectivity index is 2.05. The minimum absolute atomic E-state index is 0.0296. The quantitative estimate of drug-likeness (QED) is 0.679. The molecular formula is C19H19N5O3S. The smallest absolute Gasteiger partial charge is 0.233 e. The molecule has 0 bridgehead atoms. The molecule has 0 aliphatic rings. The third-order valence-electron chi connectivity index (χ3n) is 3.83. The number of pyridine rings is 1. The Hall–Kier alpha value is -3.43. The predicted molar refractivity (Wildman–Crippen MR) is 105 cm³/mol. The van der Waals surface area contributed by atoms with Crippen LogP contribution in [0.5, 0.6) is 11.5 Å². The molecule has 0 saturated carbocycles. The number of hydrogen-bond acceptors (Lipinski definition) is 8. The van der Waals surface area contributed by atoms with Gasteiger partial charge in [-0.1, -0.05) is 17.8 Å². The Morgan fingerprint density at radius 1 is 1.21 bits per heavy atom. The predicted octanol–water partition coefficient (Wildman–Crippen LogP) is 2.22. The van der Waals surface area contributed by atoms with Crippen molar-refractivity contribution in [2.75, 3.05) is 20.0 Å². The Kier molecular flexibility index (Phi) is 7.08. The van der Waals surface area contributed by atoms with E-state index in [9.17, 15) is 10.1 Å². The summed E-state index contributed by atoms with van der Waals surface area (Å²) in [7, 11) is 3.10. The third-order valence-corrected chi connectivity index (χ3v) is 4.93. The van der Waals surface area contributed by atoms with E-state index in [0.29, 0.717) is 23.1 Å². The van der Waals surface area contributed by atoms with E-state index < -0.39 is 5.25 Å². The van der Waals surface area contributed by atoms with Gasteiger partial charge < -0.3 is 20.5 Å². The first-order valence-corrected chi connectivity index (χ1v) is 9.07. The summed E-state index contributed by atoms with van der Waals surface area (Å²) < 4.78 is 10.4. The molecule has 2 rings (SSSR count). The fraction of sp³-hybridized carbons (Fsp3) is 0.263. The summed E-state index contributed by atoms with van der Waals surface area (Å²) in [4.78, 5) is 16.5. The Bertz CT molecular complexity index is 965. The first kappa shape index (κ1) is 20.9. The molecule has 1 atom stereocenters. The number of anilines is 1. The zero-order valence-corrected chi connectivity index (χ0v) is 16.5. The number of thioether (sulfide) groups is 1. The number of methoxy groups -OCH3 is 2. The van der Waals surface area contributed by atoms with Gasteiger partial charge in [0.2, 0.25) is 5.91 Å². The molecule has 0 aliphatic heterocycles. The number of carbonyl (C=O) groups is 1. The number of hydrogen-bond donors (Lipinski definition) is 2. The molecule has 0 radical (unpaired) electrons. The number of rotatable bonds is 7. The van der Waals surface area contributed by atoms with Crippen molar-refractivity contribution in [2.45, 2.75) is 23.7 Å². The van der Waals surface area contributed by atoms with Crippen LogP contribution in [0.3, 0.4) is 0 Å². The molecule has 1 heterocycles. The molecule has 0 saturated heterocycles. The number of aromatic nitrogens is 1. The summed E-state index contributed by atoms with van der Waals surface area (Å²) in [6.45, 7) is 2.00. The molecule has 9 heteroatoms. The molecular weight excluding hydrogens is 378 g/mol. The van der Waals surface area contributed by atoms with Gasteiger partial charge in [-0.3, -0.25) is 4.79 Å². The highest BCUT2D eigenvalue weighted by atomic mass is 32.2. The lowest BCUT2D eigenvalue weighted by Crippen LogP contribution is -2.30. The number of nitrogens with one attached hydrogen (secondary N) is 1. The van der Waals surface area contributed by atoms with E-state index in [2.05, 4.69) is 10.3 Å². The second-order valence-electron chi connectivity index (χ2n) is 5.66. The number of benzene rings is 1. The SMILES string of the molecule is COc1ccc(CNC(=O)[C@@H](C)Sc2nc(N)c(C#N)cc2C#N)cc1OC. The Labute approximate surface area is 167 Å². The highest BCUT2D eigenvalue weighted by Crippen LogP contribution is 2.29. The number of nitrogens with zero attached hydrogens (tertiary/aromatic N) is 3. The average molecular weight is 397 g/mol. The van der Waals surface area contributed by atoms with Crippen molar-refractivity contribution in [3.05, 3.63) is 41.0 Å². The van der Waals surface area contributed by atoms with Gasteiger partial charge >= 0.3 is 0 Å². The molecule has 3 N–H and O–H groups in total. The summed E-state index contributed by atoms with van der Waals surface area (Å²) in [6.07, 6.45) is 0. The molecule has 2 aromatic rings. The lowest BCUT2D eigenvalue weighted by Gasteiger charge is -2.14. The second-order valence-corrected chi connectivity index (χ2v) is 6.99. The lowest BCUT2D eigenvalue weighted by molar-refractivity contribution is -0.120. The van der Waals surface area contributed by atoms with Crippen molar-refractivity contribution in [3.63, 3.8) is 0 Å². The van der Waals surface area contributed by atoms with Crippen LogP contribution in [0.15, 0.2) is 29.3 Å². The van der Waals surface area contributed by atoms with E-state index in [1.54, 1.807) is 33.3 Å². The Morgan fingerprint density at radius 3 is 2.50 bits per heavy atom. The highest BCUT2D eigenvalue weighted by Gasteiger charge is 2.19. The van der Waals surface area contributed by atoms with Crippen LogP contribution in [0.25, 0.3) is 0 Å². The van der Waals surface area contributed by atoms with E-state index in [1.807, 2.05) is 18.2 Å². The molecule has 28 heavy (non-hydrogen) atoms. The Morgan fingerprint density at radius 2 is 1.89 bits per heavy atom. The van der Waals surface area contributed by atoms with Crippen molar-refractivity contribution in [3.8, 4) is 23.6 Å². The number of amides is 1. The van der Waals surface area contributed by atoms with Gasteiger partial charge in [0.15, 0.2) is 11.5 Å². The molecule has 1 aromatic carbocycles. The van der Waals surface area contributed by atoms with Crippen molar-refractivity contribution < 1.29 is 14.3 Å². The van der Waals surface area contributed by atoms with E-state index in [0.717, 1.165) is 17.3 Å². The standard InChI is InChI=1S/C19H19N5O3S/c1-11(28-19-14(9-21)7-13(8-20)17(22)24-19)18(25)23-10-12-4-5-15(26-2)16(6-12)27-3/h4-7,11H,10H2,1-3H3,(H2,22,24)(H,23,25)/t11-/m1/s1. The minimum atomic E-state index is -0.521. The summed E-state index contributed by atoms with van der Waals surface area (Å²) in [6, 6.07) is 10.6. The topological polar surface area (TPSA) is 134 Å². The van der Waals surface area contributed by atoms with Gasteiger partial charge in [-0.25, -0.2) is 4.98 Å². The molecule has 0 fully saturated rings. The number of nitrogen functional groups attached to an aromatic ring is 1. The number of ether oxygens (including phenoxy) is 2. The van der Waals surface area contributed by atoms with Crippen molar-refractivity contribution in [1.29, 1.82) is 10.5 Å². The average Bonchev–Trinajstić information content (AvgIpc) is 2.71. The molecule has 1 amide bonds. The lowest BCUT2D eigenvalue weighted by atomic mass is 10.2. The first-order chi connectivity index (χ1) is 13.4. The number of carbonyl (C=O) groups excluding carboxylic acids is 1. The molecule has 0 spiro atoms. The fourth-order valence-electron chi connectivity index (χ4n) is 2.31. The van der Waals surface area contributed by atoms with E-state index >= 15 is 0 Å². The van der Waals surface area contributed by atoms with Crippen LogP contribution in [0.1, 0.15) is 23.6 Å². The number of nitriles is 2. The zero-order chi connectivity index (χ0) is 20.7. The molecule has 8 nitrogen and oxygen atoms in total. The maximum Gasteiger partial charge on any atom is 0.233 e.